The molecule has 1 saturated heterocycles. The van der Waals surface area contributed by atoms with Gasteiger partial charge in [-0.1, -0.05) is 152 Å². The lowest BCUT2D eigenvalue weighted by atomic mass is 9.90. The fraction of sp³-hybridized carbons (Fsp3) is 0.0909. The Kier molecular flexibility index (Phi) is 7.63. The second kappa shape index (κ2) is 12.7. The highest BCUT2D eigenvalue weighted by Crippen LogP contribution is 2.46. The highest BCUT2D eigenvalue weighted by molar-refractivity contribution is 5.98. The predicted molar refractivity (Wildman–Crippen MR) is 201 cm³/mol. The summed E-state index contributed by atoms with van der Waals surface area (Å²) in [5, 5.41) is 17.9. The first-order valence-electron chi connectivity index (χ1n) is 17.0. The van der Waals surface area contributed by atoms with Crippen molar-refractivity contribution < 1.29 is 0 Å². The van der Waals surface area contributed by atoms with E-state index in [-0.39, 0.29) is 24.7 Å². The Hall–Kier alpha value is -5.72. The van der Waals surface area contributed by atoms with E-state index in [2.05, 4.69) is 202 Å². The summed E-state index contributed by atoms with van der Waals surface area (Å²) < 4.78 is 0. The maximum absolute atomic E-state index is 3.91. The third kappa shape index (κ3) is 5.54. The van der Waals surface area contributed by atoms with Crippen LogP contribution in [-0.2, 0) is 0 Å². The number of anilines is 3. The van der Waals surface area contributed by atoms with Crippen molar-refractivity contribution in [1.29, 1.82) is 0 Å². The molecule has 0 aliphatic carbocycles. The van der Waals surface area contributed by atoms with Crippen molar-refractivity contribution in [3.8, 4) is 11.1 Å². The smallest absolute Gasteiger partial charge is 0.130 e. The number of hydrogen-bond donors (Lipinski definition) is 4. The van der Waals surface area contributed by atoms with Gasteiger partial charge in [0.05, 0.1) is 29.9 Å². The maximum Gasteiger partial charge on any atom is 0.130 e. The summed E-state index contributed by atoms with van der Waals surface area (Å²) in [5.74, 6) is 0. The van der Waals surface area contributed by atoms with E-state index >= 15 is 0 Å². The number of hydrogen-bond acceptors (Lipinski definition) is 5. The number of nitrogens with one attached hydrogen (secondary N) is 4. The van der Waals surface area contributed by atoms with E-state index in [1.807, 2.05) is 0 Å². The zero-order valence-electron chi connectivity index (χ0n) is 27.0. The van der Waals surface area contributed by atoms with E-state index in [4.69, 9.17) is 0 Å². The molecular formula is C44H37N5. The fourth-order valence-corrected chi connectivity index (χ4v) is 7.45. The van der Waals surface area contributed by atoms with E-state index in [9.17, 15) is 0 Å². The molecule has 7 aromatic carbocycles. The highest BCUT2D eigenvalue weighted by Gasteiger charge is 2.33. The second-order valence-electron chi connectivity index (χ2n) is 12.8. The Labute approximate surface area is 287 Å². The number of nitrogens with zero attached hydrogens (tertiary/aromatic N) is 1. The first-order valence-corrected chi connectivity index (χ1v) is 17.0. The van der Waals surface area contributed by atoms with Crippen molar-refractivity contribution in [2.45, 2.75) is 24.7 Å². The van der Waals surface area contributed by atoms with Gasteiger partial charge in [-0.05, 0) is 68.4 Å². The summed E-state index contributed by atoms with van der Waals surface area (Å²) in [6, 6.07) is 62.9. The normalized spacial score (nSPS) is 20.1. The van der Waals surface area contributed by atoms with Gasteiger partial charge in [0.25, 0.3) is 0 Å². The van der Waals surface area contributed by atoms with Gasteiger partial charge < -0.3 is 10.2 Å². The van der Waals surface area contributed by atoms with Crippen LogP contribution in [0.15, 0.2) is 176 Å². The molecule has 0 spiro atoms. The maximum atomic E-state index is 3.91. The molecule has 2 aliphatic heterocycles. The minimum absolute atomic E-state index is 0.0214. The molecule has 2 aliphatic rings. The van der Waals surface area contributed by atoms with Gasteiger partial charge in [-0.2, -0.15) is 0 Å². The summed E-state index contributed by atoms with van der Waals surface area (Å²) in [5.41, 5.74) is 10.7. The summed E-state index contributed by atoms with van der Waals surface area (Å²) in [6.45, 7) is 0. The van der Waals surface area contributed by atoms with Crippen LogP contribution in [0.1, 0.15) is 46.9 Å². The molecule has 2 heterocycles. The Bertz CT molecular complexity index is 2160. The molecule has 1 fully saturated rings. The second-order valence-corrected chi connectivity index (χ2v) is 12.8. The average Bonchev–Trinajstić information content (AvgIpc) is 3.58. The fourth-order valence-electron chi connectivity index (χ4n) is 7.45. The molecule has 0 saturated carbocycles. The largest absolute Gasteiger partial charge is 0.359 e. The molecular weight excluding hydrogens is 599 g/mol. The molecule has 3 atom stereocenters. The first kappa shape index (κ1) is 29.4. The molecule has 5 nitrogen and oxygen atoms in total. The molecule has 9 rings (SSSR count). The van der Waals surface area contributed by atoms with E-state index in [0.29, 0.717) is 0 Å². The summed E-state index contributed by atoms with van der Waals surface area (Å²) in [4.78, 5) is 2.39. The molecule has 49 heavy (non-hydrogen) atoms. The monoisotopic (exact) mass is 635 g/mol. The van der Waals surface area contributed by atoms with Crippen LogP contribution in [0.3, 0.4) is 0 Å². The van der Waals surface area contributed by atoms with E-state index in [1.165, 1.54) is 49.8 Å². The van der Waals surface area contributed by atoms with Gasteiger partial charge in [0.2, 0.25) is 0 Å². The van der Waals surface area contributed by atoms with Crippen LogP contribution in [-0.4, -0.2) is 0 Å². The van der Waals surface area contributed by atoms with Crippen LogP contribution in [0.4, 0.5) is 17.1 Å². The standard InChI is InChI=1S/C44H37N5/c1-4-15-32(16-5-1)41-46-42(33-17-6-2-7-18-33)48-43(47-41)37-29-28-30-14-10-11-21-36(30)40(37)31-24-26-34(27-25-31)44-45-38-22-12-13-23-39(38)49(44)35-19-8-3-9-20-35/h1-29,41-48H. The summed E-state index contributed by atoms with van der Waals surface area (Å²) in [6.07, 6.45) is -0.223. The number of rotatable bonds is 6. The van der Waals surface area contributed by atoms with Crippen LogP contribution >= 0.6 is 0 Å². The number of fused-ring (bicyclic) bond motifs is 2. The minimum Gasteiger partial charge on any atom is -0.359 e. The van der Waals surface area contributed by atoms with Crippen LogP contribution in [0.25, 0.3) is 21.9 Å². The van der Waals surface area contributed by atoms with Crippen LogP contribution in [0.5, 0.6) is 0 Å². The minimum atomic E-state index is -0.115. The molecule has 238 valence electrons. The first-order chi connectivity index (χ1) is 24.3. The SMILES string of the molecule is c1ccc(C2NC(c3ccccc3)NC(c3ccc4ccccc4c3-c3ccc(C4Nc5ccccc5N4c4ccccc4)cc3)N2)cc1. The average molecular weight is 636 g/mol. The molecule has 4 N–H and O–H groups in total. The molecule has 0 aromatic heterocycles. The summed E-state index contributed by atoms with van der Waals surface area (Å²) >= 11 is 0. The van der Waals surface area contributed by atoms with Gasteiger partial charge in [-0.15, -0.1) is 0 Å². The van der Waals surface area contributed by atoms with E-state index in [1.54, 1.807) is 0 Å². The van der Waals surface area contributed by atoms with Crippen molar-refractivity contribution >= 4 is 27.8 Å². The van der Waals surface area contributed by atoms with E-state index < -0.39 is 0 Å². The molecule has 5 heteroatoms. The van der Waals surface area contributed by atoms with Gasteiger partial charge in [0.15, 0.2) is 0 Å². The number of para-hydroxylation sites is 3. The lowest BCUT2D eigenvalue weighted by Crippen LogP contribution is -2.54. The lowest BCUT2D eigenvalue weighted by molar-refractivity contribution is 0.203. The third-order valence-corrected chi connectivity index (χ3v) is 9.80. The quantitative estimate of drug-likeness (QED) is 0.147. The van der Waals surface area contributed by atoms with Crippen molar-refractivity contribution in [1.82, 2.24) is 16.0 Å². The van der Waals surface area contributed by atoms with Crippen LogP contribution in [0.2, 0.25) is 0 Å². The predicted octanol–water partition coefficient (Wildman–Crippen LogP) is 9.95. The van der Waals surface area contributed by atoms with Gasteiger partial charge in [0.1, 0.15) is 6.17 Å². The zero-order chi connectivity index (χ0) is 32.6. The summed E-state index contributed by atoms with van der Waals surface area (Å²) in [7, 11) is 0. The molecule has 7 aromatic rings. The lowest BCUT2D eigenvalue weighted by Gasteiger charge is -2.40. The van der Waals surface area contributed by atoms with Crippen molar-refractivity contribution in [2.24, 2.45) is 0 Å². The van der Waals surface area contributed by atoms with Crippen molar-refractivity contribution in [3.63, 3.8) is 0 Å². The van der Waals surface area contributed by atoms with Crippen LogP contribution in [0, 0.1) is 0 Å². The molecule has 0 amide bonds. The number of benzene rings is 7. The van der Waals surface area contributed by atoms with Crippen LogP contribution < -0.4 is 26.2 Å². The Morgan fingerprint density at radius 2 is 1.00 bits per heavy atom. The molecule has 0 radical (unpaired) electrons. The van der Waals surface area contributed by atoms with E-state index in [0.717, 1.165) is 11.4 Å². The zero-order valence-corrected chi connectivity index (χ0v) is 27.0. The highest BCUT2D eigenvalue weighted by atomic mass is 15.4. The van der Waals surface area contributed by atoms with Gasteiger partial charge in [-0.3, -0.25) is 16.0 Å². The third-order valence-electron chi connectivity index (χ3n) is 9.80. The Balaban J connectivity index is 1.12. The Morgan fingerprint density at radius 3 is 1.69 bits per heavy atom. The van der Waals surface area contributed by atoms with Crippen molar-refractivity contribution in [2.75, 3.05) is 10.2 Å². The topological polar surface area (TPSA) is 51.4 Å². The Morgan fingerprint density at radius 1 is 0.429 bits per heavy atom. The van der Waals surface area contributed by atoms with Gasteiger partial charge in [-0.25, -0.2) is 0 Å². The molecule has 0 bridgehead atoms. The van der Waals surface area contributed by atoms with Crippen molar-refractivity contribution in [3.05, 3.63) is 198 Å². The van der Waals surface area contributed by atoms with Gasteiger partial charge >= 0.3 is 0 Å². The van der Waals surface area contributed by atoms with Gasteiger partial charge in [0, 0.05) is 5.69 Å². The molecule has 3 unspecified atom stereocenters.